The molecule has 0 unspecified atom stereocenters. The third-order valence-corrected chi connectivity index (χ3v) is 1.99. The highest BCUT2D eigenvalue weighted by Crippen LogP contribution is 2.13. The van der Waals surface area contributed by atoms with E-state index in [1.165, 1.54) is 5.56 Å². The average molecular weight is 183 g/mol. The first-order valence-electron chi connectivity index (χ1n) is 4.30. The van der Waals surface area contributed by atoms with Crippen LogP contribution in [0.5, 0.6) is 0 Å². The van der Waals surface area contributed by atoms with Crippen LogP contribution in [0.1, 0.15) is 5.56 Å². The van der Waals surface area contributed by atoms with Crippen LogP contribution in [0.3, 0.4) is 0 Å². The van der Waals surface area contributed by atoms with Crippen LogP contribution in [0, 0.1) is 6.57 Å². The summed E-state index contributed by atoms with van der Waals surface area (Å²) in [6.07, 6.45) is 5.46. The monoisotopic (exact) mass is 183 g/mol. The van der Waals surface area contributed by atoms with Crippen LogP contribution in [0.15, 0.2) is 43.0 Å². The van der Waals surface area contributed by atoms with E-state index in [0.29, 0.717) is 5.69 Å². The zero-order valence-electron chi connectivity index (χ0n) is 7.59. The predicted molar refractivity (Wildman–Crippen MR) is 54.0 cm³/mol. The van der Waals surface area contributed by atoms with Crippen molar-refractivity contribution in [1.29, 1.82) is 0 Å². The first kappa shape index (κ1) is 8.52. The van der Waals surface area contributed by atoms with Crippen molar-refractivity contribution in [2.24, 2.45) is 0 Å². The van der Waals surface area contributed by atoms with Gasteiger partial charge in [0.25, 0.3) is 0 Å². The SMILES string of the molecule is [C-]#[N+]c1ccc(Cn2ccnc2)cc1. The molecule has 0 radical (unpaired) electrons. The molecule has 3 nitrogen and oxygen atoms in total. The van der Waals surface area contributed by atoms with Gasteiger partial charge in [-0.05, 0) is 5.56 Å². The van der Waals surface area contributed by atoms with Crippen LogP contribution in [0.4, 0.5) is 5.69 Å². The fourth-order valence-electron chi connectivity index (χ4n) is 1.27. The van der Waals surface area contributed by atoms with Gasteiger partial charge in [-0.25, -0.2) is 9.83 Å². The summed E-state index contributed by atoms with van der Waals surface area (Å²) in [5, 5.41) is 0. The highest BCUT2D eigenvalue weighted by Gasteiger charge is 1.94. The third-order valence-electron chi connectivity index (χ3n) is 1.99. The number of aromatic nitrogens is 2. The molecule has 0 atom stereocenters. The smallest absolute Gasteiger partial charge is 0.187 e. The van der Waals surface area contributed by atoms with Gasteiger partial charge in [0.1, 0.15) is 0 Å². The van der Waals surface area contributed by atoms with Gasteiger partial charge in [0.2, 0.25) is 0 Å². The summed E-state index contributed by atoms with van der Waals surface area (Å²) >= 11 is 0. The highest BCUT2D eigenvalue weighted by atomic mass is 15.0. The van der Waals surface area contributed by atoms with Crippen LogP contribution in [0.25, 0.3) is 4.85 Å². The fourth-order valence-corrected chi connectivity index (χ4v) is 1.27. The molecule has 0 aliphatic carbocycles. The van der Waals surface area contributed by atoms with Crippen molar-refractivity contribution in [1.82, 2.24) is 9.55 Å². The highest BCUT2D eigenvalue weighted by molar-refractivity contribution is 5.45. The second-order valence-electron chi connectivity index (χ2n) is 3.01. The van der Waals surface area contributed by atoms with Crippen molar-refractivity contribution in [2.45, 2.75) is 6.54 Å². The maximum Gasteiger partial charge on any atom is 0.187 e. The van der Waals surface area contributed by atoms with E-state index in [1.54, 1.807) is 12.5 Å². The Bertz CT molecular complexity index is 434. The summed E-state index contributed by atoms with van der Waals surface area (Å²) in [5.41, 5.74) is 1.86. The summed E-state index contributed by atoms with van der Waals surface area (Å²) in [7, 11) is 0. The van der Waals surface area contributed by atoms with E-state index in [-0.39, 0.29) is 0 Å². The molecule has 1 heterocycles. The van der Waals surface area contributed by atoms with E-state index < -0.39 is 0 Å². The molecule has 0 saturated heterocycles. The Morgan fingerprint density at radius 1 is 1.29 bits per heavy atom. The minimum absolute atomic E-state index is 0.680. The molecule has 0 aliphatic rings. The minimum Gasteiger partial charge on any atom is -0.333 e. The Hall–Kier alpha value is -2.08. The first-order valence-corrected chi connectivity index (χ1v) is 4.30. The van der Waals surface area contributed by atoms with Crippen molar-refractivity contribution in [2.75, 3.05) is 0 Å². The number of imidazole rings is 1. The zero-order chi connectivity index (χ0) is 9.80. The average Bonchev–Trinajstić information content (AvgIpc) is 2.72. The Balaban J connectivity index is 2.15. The Labute approximate surface area is 82.5 Å². The van der Waals surface area contributed by atoms with E-state index in [2.05, 4.69) is 9.83 Å². The molecule has 2 rings (SSSR count). The van der Waals surface area contributed by atoms with Crippen molar-refractivity contribution in [3.63, 3.8) is 0 Å². The number of hydrogen-bond donors (Lipinski definition) is 0. The minimum atomic E-state index is 0.680. The molecule has 0 spiro atoms. The lowest BCUT2D eigenvalue weighted by atomic mass is 10.2. The molecule has 0 amide bonds. The van der Waals surface area contributed by atoms with Crippen molar-refractivity contribution < 1.29 is 0 Å². The molecule has 2 aromatic rings. The van der Waals surface area contributed by atoms with E-state index in [4.69, 9.17) is 6.57 Å². The van der Waals surface area contributed by atoms with Gasteiger partial charge >= 0.3 is 0 Å². The molecule has 0 fully saturated rings. The van der Waals surface area contributed by atoms with Gasteiger partial charge in [0.15, 0.2) is 5.69 Å². The second kappa shape index (κ2) is 3.75. The summed E-state index contributed by atoms with van der Waals surface area (Å²) < 4.78 is 1.99. The van der Waals surface area contributed by atoms with Gasteiger partial charge in [0.05, 0.1) is 12.9 Å². The van der Waals surface area contributed by atoms with Gasteiger partial charge in [-0.15, -0.1) is 0 Å². The van der Waals surface area contributed by atoms with Gasteiger partial charge in [0, 0.05) is 18.9 Å². The number of rotatable bonds is 2. The second-order valence-corrected chi connectivity index (χ2v) is 3.01. The Morgan fingerprint density at radius 2 is 2.07 bits per heavy atom. The number of nitrogens with zero attached hydrogens (tertiary/aromatic N) is 3. The van der Waals surface area contributed by atoms with Crippen molar-refractivity contribution in [3.05, 3.63) is 60.0 Å². The topological polar surface area (TPSA) is 22.2 Å². The third kappa shape index (κ3) is 1.80. The maximum absolute atomic E-state index is 6.82. The van der Waals surface area contributed by atoms with E-state index in [1.807, 2.05) is 35.0 Å². The van der Waals surface area contributed by atoms with Gasteiger partial charge in [-0.2, -0.15) is 0 Å². The fraction of sp³-hybridized carbons (Fsp3) is 0.0909. The summed E-state index contributed by atoms with van der Waals surface area (Å²) in [6.45, 7) is 7.62. The van der Waals surface area contributed by atoms with Gasteiger partial charge < -0.3 is 4.57 Å². The zero-order valence-corrected chi connectivity index (χ0v) is 7.59. The maximum atomic E-state index is 6.82. The predicted octanol–water partition coefficient (Wildman–Crippen LogP) is 2.48. The molecule has 0 saturated carbocycles. The Kier molecular flexibility index (Phi) is 2.28. The molecule has 1 aromatic heterocycles. The molecule has 0 bridgehead atoms. The normalized spacial score (nSPS) is 9.64. The van der Waals surface area contributed by atoms with E-state index in [0.717, 1.165) is 6.54 Å². The standard InChI is InChI=1S/C11H9N3/c1-12-11-4-2-10(3-5-11)8-14-7-6-13-9-14/h2-7,9H,8H2. The van der Waals surface area contributed by atoms with Crippen LogP contribution in [-0.2, 0) is 6.54 Å². The van der Waals surface area contributed by atoms with Gasteiger partial charge in [-0.3, -0.25) is 0 Å². The van der Waals surface area contributed by atoms with E-state index >= 15 is 0 Å². The van der Waals surface area contributed by atoms with Crippen LogP contribution in [-0.4, -0.2) is 9.55 Å². The summed E-state index contributed by atoms with van der Waals surface area (Å²) in [5.74, 6) is 0. The van der Waals surface area contributed by atoms with Crippen LogP contribution < -0.4 is 0 Å². The molecular weight excluding hydrogens is 174 g/mol. The number of benzene rings is 1. The van der Waals surface area contributed by atoms with Crippen molar-refractivity contribution >= 4 is 5.69 Å². The largest absolute Gasteiger partial charge is 0.333 e. The molecule has 68 valence electrons. The van der Waals surface area contributed by atoms with Crippen LogP contribution in [0.2, 0.25) is 0 Å². The first-order chi connectivity index (χ1) is 6.88. The summed E-state index contributed by atoms with van der Waals surface area (Å²) in [6, 6.07) is 7.60. The Morgan fingerprint density at radius 3 is 2.64 bits per heavy atom. The molecule has 14 heavy (non-hydrogen) atoms. The molecule has 1 aromatic carbocycles. The molecule has 0 N–H and O–H groups in total. The molecule has 3 heteroatoms. The molecule has 0 aliphatic heterocycles. The lowest BCUT2D eigenvalue weighted by Gasteiger charge is -2.01. The lowest BCUT2D eigenvalue weighted by molar-refractivity contribution is 0.797. The quantitative estimate of drug-likeness (QED) is 0.655. The molecular formula is C11H9N3. The van der Waals surface area contributed by atoms with Crippen LogP contribution >= 0.6 is 0 Å². The van der Waals surface area contributed by atoms with E-state index in [9.17, 15) is 0 Å². The van der Waals surface area contributed by atoms with Crippen molar-refractivity contribution in [3.8, 4) is 0 Å². The summed E-state index contributed by atoms with van der Waals surface area (Å²) in [4.78, 5) is 7.31. The number of hydrogen-bond acceptors (Lipinski definition) is 1. The lowest BCUT2D eigenvalue weighted by Crippen LogP contribution is -1.95. The van der Waals surface area contributed by atoms with Gasteiger partial charge in [-0.1, -0.05) is 24.3 Å².